The Hall–Kier alpha value is -1.84. The first-order chi connectivity index (χ1) is 11.1. The average molecular weight is 337 g/mol. The summed E-state index contributed by atoms with van der Waals surface area (Å²) in [4.78, 5) is 6.19. The summed E-state index contributed by atoms with van der Waals surface area (Å²) in [6.45, 7) is 4.15. The van der Waals surface area contributed by atoms with Crippen molar-refractivity contribution in [3.05, 3.63) is 71.8 Å². The molecule has 0 amide bonds. The van der Waals surface area contributed by atoms with Crippen LogP contribution < -0.4 is 0 Å². The van der Waals surface area contributed by atoms with Gasteiger partial charge in [-0.1, -0.05) is 36.0 Å². The third-order valence-corrected chi connectivity index (χ3v) is 7.92. The van der Waals surface area contributed by atoms with Crippen molar-refractivity contribution in [2.24, 2.45) is 0 Å². The SMILES string of the molecule is Cc1cc(O)c([S+]2c3ccccc3Sc3ccccc32)cc1C. The fraction of sp³-hybridized carbons (Fsp3) is 0.100. The Bertz CT molecular complexity index is 856. The van der Waals surface area contributed by atoms with E-state index in [1.54, 1.807) is 0 Å². The first-order valence-corrected chi connectivity index (χ1v) is 9.59. The number of benzene rings is 3. The molecule has 1 N–H and O–H groups in total. The number of hydrogen-bond donors (Lipinski definition) is 1. The molecule has 1 heterocycles. The first-order valence-electron chi connectivity index (χ1n) is 7.55. The van der Waals surface area contributed by atoms with Gasteiger partial charge in [0.05, 0.1) is 9.79 Å². The molecule has 0 fully saturated rings. The molecule has 1 aliphatic heterocycles. The van der Waals surface area contributed by atoms with E-state index in [-0.39, 0.29) is 10.9 Å². The molecule has 0 bridgehead atoms. The van der Waals surface area contributed by atoms with E-state index in [4.69, 9.17) is 0 Å². The maximum atomic E-state index is 10.6. The second-order valence-corrected chi connectivity index (χ2v) is 8.72. The lowest BCUT2D eigenvalue weighted by Gasteiger charge is -2.19. The predicted molar refractivity (Wildman–Crippen MR) is 96.8 cm³/mol. The van der Waals surface area contributed by atoms with Gasteiger partial charge in [0.25, 0.3) is 0 Å². The minimum atomic E-state index is -0.259. The normalized spacial score (nSPS) is 13.5. The highest BCUT2D eigenvalue weighted by atomic mass is 32.2. The van der Waals surface area contributed by atoms with Crippen molar-refractivity contribution >= 4 is 22.7 Å². The van der Waals surface area contributed by atoms with Gasteiger partial charge in [-0.25, -0.2) is 0 Å². The molecule has 3 heteroatoms. The molecule has 114 valence electrons. The first kappa shape index (κ1) is 14.7. The van der Waals surface area contributed by atoms with Crippen LogP contribution in [0.1, 0.15) is 11.1 Å². The van der Waals surface area contributed by atoms with Crippen LogP contribution in [0.2, 0.25) is 0 Å². The van der Waals surface area contributed by atoms with Crippen molar-refractivity contribution in [1.29, 1.82) is 0 Å². The standard InChI is InChI=1S/C20H16OS2/c1-13-11-15(21)20(12-14(13)2)23-18-9-5-3-7-16(18)22-17-8-4-6-10-19(17)23/h3-12H,1-2H3/p+1. The zero-order chi connectivity index (χ0) is 16.0. The van der Waals surface area contributed by atoms with Gasteiger partial charge in [-0.3, -0.25) is 0 Å². The number of phenolic OH excluding ortho intramolecular Hbond substituents is 1. The molecule has 0 radical (unpaired) electrons. The summed E-state index contributed by atoms with van der Waals surface area (Å²) in [5, 5.41) is 10.6. The molecule has 3 aromatic carbocycles. The van der Waals surface area contributed by atoms with Crippen LogP contribution in [-0.2, 0) is 10.9 Å². The summed E-state index contributed by atoms with van der Waals surface area (Å²) >= 11 is 1.82. The second-order valence-electron chi connectivity index (χ2n) is 5.71. The fourth-order valence-electron chi connectivity index (χ4n) is 2.82. The number of rotatable bonds is 1. The van der Waals surface area contributed by atoms with E-state index in [2.05, 4.69) is 61.5 Å². The van der Waals surface area contributed by atoms with Crippen molar-refractivity contribution in [2.75, 3.05) is 0 Å². The number of aryl methyl sites for hydroxylation is 2. The highest BCUT2D eigenvalue weighted by molar-refractivity contribution is 8.04. The van der Waals surface area contributed by atoms with E-state index in [1.807, 2.05) is 24.8 Å². The summed E-state index contributed by atoms with van der Waals surface area (Å²) in [5.74, 6) is 0.396. The molecule has 0 saturated carbocycles. The van der Waals surface area contributed by atoms with E-state index < -0.39 is 0 Å². The van der Waals surface area contributed by atoms with Crippen LogP contribution >= 0.6 is 11.8 Å². The summed E-state index contributed by atoms with van der Waals surface area (Å²) in [7, 11) is -0.259. The lowest BCUT2D eigenvalue weighted by atomic mass is 10.1. The largest absolute Gasteiger partial charge is 0.503 e. The van der Waals surface area contributed by atoms with Crippen LogP contribution in [0.3, 0.4) is 0 Å². The average Bonchev–Trinajstić information content (AvgIpc) is 2.56. The number of aromatic hydroxyl groups is 1. The number of fused-ring (bicyclic) bond motifs is 2. The summed E-state index contributed by atoms with van der Waals surface area (Å²) < 4.78 is 0. The van der Waals surface area contributed by atoms with Gasteiger partial charge in [-0.2, -0.15) is 0 Å². The smallest absolute Gasteiger partial charge is 0.208 e. The van der Waals surface area contributed by atoms with E-state index in [0.717, 1.165) is 10.5 Å². The Labute approximate surface area is 143 Å². The van der Waals surface area contributed by atoms with Crippen LogP contribution in [0.5, 0.6) is 5.75 Å². The minimum absolute atomic E-state index is 0.259. The molecule has 1 nitrogen and oxygen atoms in total. The van der Waals surface area contributed by atoms with Crippen LogP contribution in [0, 0.1) is 13.8 Å². The molecule has 0 spiro atoms. The van der Waals surface area contributed by atoms with Gasteiger partial charge in [0, 0.05) is 6.07 Å². The summed E-state index contributed by atoms with van der Waals surface area (Å²) in [6, 6.07) is 21.1. The van der Waals surface area contributed by atoms with Crippen LogP contribution in [-0.4, -0.2) is 5.11 Å². The summed E-state index contributed by atoms with van der Waals surface area (Å²) in [6.07, 6.45) is 0. The van der Waals surface area contributed by atoms with Crippen molar-refractivity contribution < 1.29 is 5.11 Å². The van der Waals surface area contributed by atoms with Gasteiger partial charge in [0.15, 0.2) is 15.5 Å². The number of phenols is 1. The van der Waals surface area contributed by atoms with E-state index in [9.17, 15) is 5.11 Å². The summed E-state index contributed by atoms with van der Waals surface area (Å²) in [5.41, 5.74) is 2.35. The third kappa shape index (κ3) is 2.44. The highest BCUT2D eigenvalue weighted by Crippen LogP contribution is 2.49. The van der Waals surface area contributed by atoms with Gasteiger partial charge in [0.2, 0.25) is 4.90 Å². The number of hydrogen-bond acceptors (Lipinski definition) is 2. The molecule has 0 aliphatic carbocycles. The van der Waals surface area contributed by atoms with Gasteiger partial charge in [-0.05, 0) is 55.3 Å². The Morgan fingerprint density at radius 3 is 1.87 bits per heavy atom. The topological polar surface area (TPSA) is 20.2 Å². The fourth-order valence-corrected chi connectivity index (χ4v) is 6.68. The van der Waals surface area contributed by atoms with Crippen LogP contribution in [0.15, 0.2) is 85.1 Å². The quantitative estimate of drug-likeness (QED) is 0.458. The van der Waals surface area contributed by atoms with E-state index >= 15 is 0 Å². The van der Waals surface area contributed by atoms with Crippen LogP contribution in [0.25, 0.3) is 0 Å². The predicted octanol–water partition coefficient (Wildman–Crippen LogP) is 5.57. The molecule has 0 unspecified atom stereocenters. The molecular weight excluding hydrogens is 320 g/mol. The molecule has 3 aromatic rings. The van der Waals surface area contributed by atoms with Crippen LogP contribution in [0.4, 0.5) is 0 Å². The zero-order valence-electron chi connectivity index (χ0n) is 13.0. The zero-order valence-corrected chi connectivity index (χ0v) is 14.7. The highest BCUT2D eigenvalue weighted by Gasteiger charge is 2.39. The van der Waals surface area contributed by atoms with Gasteiger partial charge in [-0.15, -0.1) is 0 Å². The molecular formula is C20H17OS2+. The Kier molecular flexibility index (Phi) is 3.63. The molecule has 0 aromatic heterocycles. The van der Waals surface area contributed by atoms with Gasteiger partial charge < -0.3 is 5.11 Å². The molecule has 23 heavy (non-hydrogen) atoms. The van der Waals surface area contributed by atoms with Gasteiger partial charge >= 0.3 is 0 Å². The minimum Gasteiger partial charge on any atom is -0.503 e. The lowest BCUT2D eigenvalue weighted by molar-refractivity contribution is 0.461. The monoisotopic (exact) mass is 337 g/mol. The Morgan fingerprint density at radius 2 is 1.26 bits per heavy atom. The third-order valence-electron chi connectivity index (χ3n) is 4.15. The maximum absolute atomic E-state index is 10.6. The molecule has 0 saturated heterocycles. The second kappa shape index (κ2) is 5.66. The lowest BCUT2D eigenvalue weighted by Crippen LogP contribution is -2.11. The van der Waals surface area contributed by atoms with Crippen molar-refractivity contribution in [1.82, 2.24) is 0 Å². The Balaban J connectivity index is 2.00. The molecule has 4 rings (SSSR count). The van der Waals surface area contributed by atoms with Crippen molar-refractivity contribution in [3.8, 4) is 5.75 Å². The van der Waals surface area contributed by atoms with Crippen molar-refractivity contribution in [3.63, 3.8) is 0 Å². The molecule has 0 atom stereocenters. The van der Waals surface area contributed by atoms with E-state index in [1.165, 1.54) is 25.1 Å². The maximum Gasteiger partial charge on any atom is 0.208 e. The Morgan fingerprint density at radius 1 is 0.739 bits per heavy atom. The van der Waals surface area contributed by atoms with Gasteiger partial charge in [0.1, 0.15) is 10.9 Å². The van der Waals surface area contributed by atoms with Crippen molar-refractivity contribution in [2.45, 2.75) is 38.3 Å². The molecule has 1 aliphatic rings. The van der Waals surface area contributed by atoms with E-state index in [0.29, 0.717) is 5.75 Å².